The fourth-order valence-corrected chi connectivity index (χ4v) is 2.09. The summed E-state index contributed by atoms with van der Waals surface area (Å²) in [7, 11) is 4.02. The van der Waals surface area contributed by atoms with Crippen LogP contribution in [0.25, 0.3) is 16.7 Å². The monoisotopic (exact) mass is 256 g/mol. The van der Waals surface area contributed by atoms with Gasteiger partial charge in [-0.05, 0) is 39.2 Å². The van der Waals surface area contributed by atoms with Crippen LogP contribution in [0.3, 0.4) is 0 Å². The molecule has 6 heteroatoms. The molecule has 0 fully saturated rings. The number of aromatic amines is 1. The van der Waals surface area contributed by atoms with Crippen LogP contribution in [0.1, 0.15) is 11.5 Å². The molecule has 3 rings (SSSR count). The third-order valence-electron chi connectivity index (χ3n) is 2.87. The lowest BCUT2D eigenvalue weighted by Gasteiger charge is -2.04. The van der Waals surface area contributed by atoms with Gasteiger partial charge in [0.25, 0.3) is 0 Å². The second-order valence-corrected chi connectivity index (χ2v) is 4.92. The van der Waals surface area contributed by atoms with Crippen molar-refractivity contribution in [1.82, 2.24) is 29.9 Å². The Kier molecular flexibility index (Phi) is 2.79. The van der Waals surface area contributed by atoms with Gasteiger partial charge in [0.1, 0.15) is 5.82 Å². The molecule has 0 unspecified atom stereocenters. The van der Waals surface area contributed by atoms with Gasteiger partial charge >= 0.3 is 0 Å². The Morgan fingerprint density at radius 1 is 1.32 bits per heavy atom. The Morgan fingerprint density at radius 2 is 2.16 bits per heavy atom. The van der Waals surface area contributed by atoms with Gasteiger partial charge in [0.05, 0.1) is 28.6 Å². The average molecular weight is 256 g/mol. The molecule has 0 bridgehead atoms. The Labute approximate surface area is 111 Å². The van der Waals surface area contributed by atoms with Gasteiger partial charge in [-0.1, -0.05) is 5.21 Å². The summed E-state index contributed by atoms with van der Waals surface area (Å²) in [6.45, 7) is 2.73. The zero-order valence-electron chi connectivity index (χ0n) is 11.3. The Balaban J connectivity index is 1.96. The molecule has 0 aliphatic heterocycles. The smallest absolute Gasteiger partial charge is 0.104 e. The van der Waals surface area contributed by atoms with Crippen LogP contribution < -0.4 is 0 Å². The maximum absolute atomic E-state index is 4.38. The third-order valence-corrected chi connectivity index (χ3v) is 2.87. The minimum atomic E-state index is 0.783. The number of nitrogens with one attached hydrogen (secondary N) is 1. The van der Waals surface area contributed by atoms with Crippen molar-refractivity contribution in [1.29, 1.82) is 0 Å². The van der Waals surface area contributed by atoms with Crippen molar-refractivity contribution >= 4 is 11.0 Å². The van der Waals surface area contributed by atoms with Gasteiger partial charge in [0.2, 0.25) is 0 Å². The van der Waals surface area contributed by atoms with E-state index in [2.05, 4.69) is 25.2 Å². The van der Waals surface area contributed by atoms with E-state index in [0.717, 1.165) is 34.8 Å². The maximum Gasteiger partial charge on any atom is 0.104 e. The van der Waals surface area contributed by atoms with Crippen LogP contribution in [0.5, 0.6) is 0 Å². The molecule has 19 heavy (non-hydrogen) atoms. The SMILES string of the molecule is Cc1nc2ccc(-n3cc(CN(C)C)nn3)cc2[nH]1. The molecule has 0 saturated carbocycles. The van der Waals surface area contributed by atoms with Gasteiger partial charge in [-0.2, -0.15) is 0 Å². The standard InChI is InChI=1S/C13H16N6/c1-9-14-12-5-4-11(6-13(12)15-9)19-8-10(16-17-19)7-18(2)3/h4-6,8H,7H2,1-3H3,(H,14,15). The quantitative estimate of drug-likeness (QED) is 0.771. The predicted octanol–water partition coefficient (Wildman–Crippen LogP) is 1.51. The molecule has 0 saturated heterocycles. The highest BCUT2D eigenvalue weighted by Gasteiger charge is 2.06. The van der Waals surface area contributed by atoms with Crippen LogP contribution in [0.4, 0.5) is 0 Å². The van der Waals surface area contributed by atoms with Crippen LogP contribution in [-0.4, -0.2) is 44.0 Å². The predicted molar refractivity (Wildman–Crippen MR) is 73.1 cm³/mol. The molecule has 1 aromatic carbocycles. The van der Waals surface area contributed by atoms with Gasteiger partial charge in [-0.15, -0.1) is 5.10 Å². The average Bonchev–Trinajstić information content (AvgIpc) is 2.92. The maximum atomic E-state index is 4.38. The van der Waals surface area contributed by atoms with Crippen molar-refractivity contribution in [2.75, 3.05) is 14.1 Å². The summed E-state index contributed by atoms with van der Waals surface area (Å²) < 4.78 is 1.79. The summed E-state index contributed by atoms with van der Waals surface area (Å²) in [6, 6.07) is 6.02. The highest BCUT2D eigenvalue weighted by molar-refractivity contribution is 5.77. The first-order valence-corrected chi connectivity index (χ1v) is 6.14. The molecule has 0 aliphatic carbocycles. The highest BCUT2D eigenvalue weighted by Crippen LogP contribution is 2.16. The number of aryl methyl sites for hydroxylation is 1. The molecule has 2 heterocycles. The number of hydrogen-bond donors (Lipinski definition) is 1. The molecule has 98 valence electrons. The van der Waals surface area contributed by atoms with E-state index in [1.165, 1.54) is 0 Å². The summed E-state index contributed by atoms with van der Waals surface area (Å²) in [5, 5.41) is 8.32. The molecule has 0 radical (unpaired) electrons. The van der Waals surface area contributed by atoms with Crippen LogP contribution in [0, 0.1) is 6.92 Å². The van der Waals surface area contributed by atoms with Gasteiger partial charge in [-0.25, -0.2) is 9.67 Å². The van der Waals surface area contributed by atoms with E-state index in [-0.39, 0.29) is 0 Å². The lowest BCUT2D eigenvalue weighted by molar-refractivity contribution is 0.396. The number of fused-ring (bicyclic) bond motifs is 1. The molecule has 0 atom stereocenters. The minimum Gasteiger partial charge on any atom is -0.342 e. The van der Waals surface area contributed by atoms with E-state index in [9.17, 15) is 0 Å². The summed E-state index contributed by atoms with van der Waals surface area (Å²) in [6.07, 6.45) is 1.95. The van der Waals surface area contributed by atoms with E-state index in [1.54, 1.807) is 4.68 Å². The van der Waals surface area contributed by atoms with Crippen molar-refractivity contribution in [3.05, 3.63) is 35.9 Å². The van der Waals surface area contributed by atoms with E-state index in [1.807, 2.05) is 45.4 Å². The number of imidazole rings is 1. The second kappa shape index (κ2) is 4.47. The van der Waals surface area contributed by atoms with Gasteiger partial charge in [0.15, 0.2) is 0 Å². The largest absolute Gasteiger partial charge is 0.342 e. The van der Waals surface area contributed by atoms with Gasteiger partial charge in [-0.3, -0.25) is 0 Å². The van der Waals surface area contributed by atoms with Crippen molar-refractivity contribution in [3.8, 4) is 5.69 Å². The summed E-state index contributed by atoms with van der Waals surface area (Å²) >= 11 is 0. The van der Waals surface area contributed by atoms with Crippen molar-refractivity contribution in [2.24, 2.45) is 0 Å². The zero-order valence-corrected chi connectivity index (χ0v) is 11.3. The number of benzene rings is 1. The zero-order chi connectivity index (χ0) is 13.4. The highest BCUT2D eigenvalue weighted by atomic mass is 15.4. The van der Waals surface area contributed by atoms with E-state index < -0.39 is 0 Å². The minimum absolute atomic E-state index is 0.783. The summed E-state index contributed by atoms with van der Waals surface area (Å²) in [4.78, 5) is 9.68. The first-order valence-electron chi connectivity index (χ1n) is 6.14. The Bertz CT molecular complexity index is 709. The van der Waals surface area contributed by atoms with Crippen molar-refractivity contribution in [3.63, 3.8) is 0 Å². The first-order chi connectivity index (χ1) is 9.11. The van der Waals surface area contributed by atoms with Gasteiger partial charge in [0, 0.05) is 6.54 Å². The molecular formula is C13H16N6. The lowest BCUT2D eigenvalue weighted by Crippen LogP contribution is -2.10. The van der Waals surface area contributed by atoms with Crippen molar-refractivity contribution in [2.45, 2.75) is 13.5 Å². The molecule has 0 spiro atoms. The normalized spacial score (nSPS) is 11.6. The van der Waals surface area contributed by atoms with Crippen LogP contribution in [-0.2, 0) is 6.54 Å². The molecule has 3 aromatic rings. The number of nitrogens with zero attached hydrogens (tertiary/aromatic N) is 5. The lowest BCUT2D eigenvalue weighted by atomic mass is 10.3. The summed E-state index contributed by atoms with van der Waals surface area (Å²) in [5.41, 5.74) is 3.91. The third kappa shape index (κ3) is 2.34. The Hall–Kier alpha value is -2.21. The molecule has 2 aromatic heterocycles. The summed E-state index contributed by atoms with van der Waals surface area (Å²) in [5.74, 6) is 0.916. The van der Waals surface area contributed by atoms with Crippen LogP contribution >= 0.6 is 0 Å². The topological polar surface area (TPSA) is 62.6 Å². The van der Waals surface area contributed by atoms with E-state index >= 15 is 0 Å². The van der Waals surface area contributed by atoms with E-state index in [4.69, 9.17) is 0 Å². The number of hydrogen-bond acceptors (Lipinski definition) is 4. The first kappa shape index (κ1) is 11.9. The second-order valence-electron chi connectivity index (χ2n) is 4.92. The molecule has 0 aliphatic rings. The van der Waals surface area contributed by atoms with Gasteiger partial charge < -0.3 is 9.88 Å². The van der Waals surface area contributed by atoms with E-state index in [0.29, 0.717) is 0 Å². The molecule has 1 N–H and O–H groups in total. The Morgan fingerprint density at radius 3 is 2.95 bits per heavy atom. The van der Waals surface area contributed by atoms with Crippen LogP contribution in [0.2, 0.25) is 0 Å². The molecule has 0 amide bonds. The number of H-pyrrole nitrogens is 1. The molecule has 6 nitrogen and oxygen atoms in total. The molecular weight excluding hydrogens is 240 g/mol. The number of aromatic nitrogens is 5. The number of rotatable bonds is 3. The fraction of sp³-hybridized carbons (Fsp3) is 0.308. The fourth-order valence-electron chi connectivity index (χ4n) is 2.09. The van der Waals surface area contributed by atoms with Crippen LogP contribution in [0.15, 0.2) is 24.4 Å². The van der Waals surface area contributed by atoms with Crippen molar-refractivity contribution < 1.29 is 0 Å².